The molecule has 3 N–H and O–H groups in total. The predicted molar refractivity (Wildman–Crippen MR) is 110 cm³/mol. The van der Waals surface area contributed by atoms with Gasteiger partial charge in [-0.15, -0.1) is 0 Å². The molecule has 0 aliphatic carbocycles. The van der Waals surface area contributed by atoms with Crippen LogP contribution < -0.4 is 15.8 Å². The van der Waals surface area contributed by atoms with Gasteiger partial charge in [0.05, 0.1) is 15.8 Å². The zero-order valence-electron chi connectivity index (χ0n) is 15.2. The lowest BCUT2D eigenvalue weighted by Crippen LogP contribution is -2.13. The van der Waals surface area contributed by atoms with Gasteiger partial charge in [0.1, 0.15) is 11.5 Å². The van der Waals surface area contributed by atoms with Gasteiger partial charge in [0, 0.05) is 17.3 Å². The smallest absolute Gasteiger partial charge is 0.416 e. The first-order chi connectivity index (χ1) is 14.3. The van der Waals surface area contributed by atoms with E-state index in [-0.39, 0.29) is 11.3 Å². The third-order valence-corrected chi connectivity index (χ3v) is 5.00. The number of nitrogens with zero attached hydrogens (tertiary/aromatic N) is 1. The van der Waals surface area contributed by atoms with Crippen LogP contribution in [-0.2, 0) is 6.18 Å². The molecule has 1 amide bonds. The van der Waals surface area contributed by atoms with Crippen molar-refractivity contribution in [2.75, 3.05) is 11.1 Å². The number of halogens is 3. The first-order valence-corrected chi connectivity index (χ1v) is 9.52. The van der Waals surface area contributed by atoms with Gasteiger partial charge in [0.15, 0.2) is 5.13 Å². The fourth-order valence-electron chi connectivity index (χ4n) is 2.80. The Balaban J connectivity index is 1.51. The second kappa shape index (κ2) is 7.68. The molecule has 0 spiro atoms. The second-order valence-corrected chi connectivity index (χ2v) is 7.41. The molecule has 152 valence electrons. The molecule has 1 aromatic heterocycles. The molecule has 5 nitrogen and oxygen atoms in total. The molecule has 0 fully saturated rings. The molecule has 0 radical (unpaired) electrons. The molecule has 0 bridgehead atoms. The van der Waals surface area contributed by atoms with E-state index in [2.05, 4.69) is 10.3 Å². The summed E-state index contributed by atoms with van der Waals surface area (Å²) < 4.78 is 45.2. The molecule has 30 heavy (non-hydrogen) atoms. The van der Waals surface area contributed by atoms with Crippen molar-refractivity contribution in [1.29, 1.82) is 0 Å². The molecule has 9 heteroatoms. The van der Waals surface area contributed by atoms with Crippen LogP contribution in [0.1, 0.15) is 15.9 Å². The van der Waals surface area contributed by atoms with Crippen molar-refractivity contribution in [1.82, 2.24) is 4.98 Å². The van der Waals surface area contributed by atoms with Crippen LogP contribution in [0, 0.1) is 0 Å². The summed E-state index contributed by atoms with van der Waals surface area (Å²) in [6.45, 7) is 0. The van der Waals surface area contributed by atoms with Gasteiger partial charge in [-0.3, -0.25) is 4.79 Å². The Morgan fingerprint density at radius 1 is 1.00 bits per heavy atom. The number of carbonyl (C=O) groups is 1. The van der Waals surface area contributed by atoms with Gasteiger partial charge in [-0.05, 0) is 48.5 Å². The number of rotatable bonds is 4. The summed E-state index contributed by atoms with van der Waals surface area (Å²) in [6, 6.07) is 16.1. The first kappa shape index (κ1) is 19.7. The van der Waals surface area contributed by atoms with E-state index >= 15 is 0 Å². The lowest BCUT2D eigenvalue weighted by atomic mass is 10.1. The van der Waals surface area contributed by atoms with Gasteiger partial charge in [-0.25, -0.2) is 4.98 Å². The highest BCUT2D eigenvalue weighted by molar-refractivity contribution is 7.22. The zero-order valence-corrected chi connectivity index (χ0v) is 16.1. The van der Waals surface area contributed by atoms with E-state index in [4.69, 9.17) is 10.5 Å². The van der Waals surface area contributed by atoms with Crippen LogP contribution in [0.5, 0.6) is 11.5 Å². The average molecular weight is 429 g/mol. The van der Waals surface area contributed by atoms with E-state index in [1.54, 1.807) is 36.4 Å². The lowest BCUT2D eigenvalue weighted by molar-refractivity contribution is -0.137. The molecule has 0 unspecified atom stereocenters. The Hall–Kier alpha value is -3.59. The number of carbonyl (C=O) groups excluding carboxylic acids is 1. The third-order valence-electron chi connectivity index (χ3n) is 4.16. The number of amides is 1. The van der Waals surface area contributed by atoms with Crippen LogP contribution >= 0.6 is 11.3 Å². The Labute approximate surface area is 172 Å². The molecular formula is C21H14F3N3O2S. The standard InChI is InChI=1S/C21H14F3N3O2S/c22-21(23,24)13-4-2-5-14(10-13)26-19(28)12-3-1-6-15(9-12)29-16-7-8-17-18(11-16)30-20(25)27-17/h1-11H,(H2,25,27)(H,26,28). The Morgan fingerprint density at radius 2 is 1.77 bits per heavy atom. The molecule has 0 aliphatic rings. The van der Waals surface area contributed by atoms with Crippen LogP contribution in [0.15, 0.2) is 66.7 Å². The molecule has 0 saturated carbocycles. The molecule has 0 aliphatic heterocycles. The Morgan fingerprint density at radius 3 is 2.57 bits per heavy atom. The molecule has 4 rings (SSSR count). The van der Waals surface area contributed by atoms with Gasteiger partial charge in [-0.2, -0.15) is 13.2 Å². The number of nitrogens with one attached hydrogen (secondary N) is 1. The minimum absolute atomic E-state index is 0.0504. The number of thiazole rings is 1. The van der Waals surface area contributed by atoms with Crippen molar-refractivity contribution >= 4 is 38.3 Å². The molecule has 1 heterocycles. The number of benzene rings is 3. The van der Waals surface area contributed by atoms with Crippen LogP contribution in [-0.4, -0.2) is 10.9 Å². The minimum Gasteiger partial charge on any atom is -0.457 e. The van der Waals surface area contributed by atoms with Gasteiger partial charge < -0.3 is 15.8 Å². The van der Waals surface area contributed by atoms with E-state index in [0.29, 0.717) is 16.6 Å². The number of aromatic nitrogens is 1. The fraction of sp³-hybridized carbons (Fsp3) is 0.0476. The SMILES string of the molecule is Nc1nc2ccc(Oc3cccc(C(=O)Nc4cccc(C(F)(F)F)c4)c3)cc2s1. The van der Waals surface area contributed by atoms with Gasteiger partial charge in [0.25, 0.3) is 5.91 Å². The van der Waals surface area contributed by atoms with Crippen molar-refractivity contribution < 1.29 is 22.7 Å². The first-order valence-electron chi connectivity index (χ1n) is 8.70. The summed E-state index contributed by atoms with van der Waals surface area (Å²) in [5.41, 5.74) is 5.92. The minimum atomic E-state index is -4.49. The topological polar surface area (TPSA) is 77.2 Å². The molecule has 3 aromatic carbocycles. The van der Waals surface area contributed by atoms with Gasteiger partial charge in [-0.1, -0.05) is 23.5 Å². The molecule has 4 aromatic rings. The van der Waals surface area contributed by atoms with Crippen molar-refractivity contribution in [2.45, 2.75) is 6.18 Å². The highest BCUT2D eigenvalue weighted by atomic mass is 32.1. The normalized spacial score (nSPS) is 11.4. The molecular weight excluding hydrogens is 415 g/mol. The Kier molecular flexibility index (Phi) is 5.04. The van der Waals surface area contributed by atoms with Crippen molar-refractivity contribution in [3.63, 3.8) is 0 Å². The summed E-state index contributed by atoms with van der Waals surface area (Å²) in [6.07, 6.45) is -4.49. The van der Waals surface area contributed by atoms with Crippen molar-refractivity contribution in [3.05, 3.63) is 77.9 Å². The highest BCUT2D eigenvalue weighted by Gasteiger charge is 2.30. The number of hydrogen-bond acceptors (Lipinski definition) is 5. The number of anilines is 2. The van der Waals surface area contributed by atoms with E-state index in [1.807, 2.05) is 0 Å². The maximum absolute atomic E-state index is 12.8. The number of hydrogen-bond donors (Lipinski definition) is 2. The summed E-state index contributed by atoms with van der Waals surface area (Å²) in [5, 5.41) is 2.93. The fourth-order valence-corrected chi connectivity index (χ4v) is 3.56. The van der Waals surface area contributed by atoms with E-state index in [9.17, 15) is 18.0 Å². The summed E-state index contributed by atoms with van der Waals surface area (Å²) in [5.74, 6) is 0.399. The predicted octanol–water partition coefficient (Wildman–Crippen LogP) is 5.94. The van der Waals surface area contributed by atoms with Crippen LogP contribution in [0.25, 0.3) is 10.2 Å². The summed E-state index contributed by atoms with van der Waals surface area (Å²) in [4.78, 5) is 16.7. The van der Waals surface area contributed by atoms with Crippen LogP contribution in [0.2, 0.25) is 0 Å². The van der Waals surface area contributed by atoms with Gasteiger partial charge in [0.2, 0.25) is 0 Å². The number of alkyl halides is 3. The second-order valence-electron chi connectivity index (χ2n) is 6.34. The lowest BCUT2D eigenvalue weighted by Gasteiger charge is -2.11. The molecule has 0 saturated heterocycles. The number of fused-ring (bicyclic) bond motifs is 1. The van der Waals surface area contributed by atoms with Crippen LogP contribution in [0.3, 0.4) is 0 Å². The monoisotopic (exact) mass is 429 g/mol. The summed E-state index contributed by atoms with van der Waals surface area (Å²) in [7, 11) is 0. The highest BCUT2D eigenvalue weighted by Crippen LogP contribution is 2.32. The zero-order chi connectivity index (χ0) is 21.3. The Bertz CT molecular complexity index is 1240. The largest absolute Gasteiger partial charge is 0.457 e. The van der Waals surface area contributed by atoms with Gasteiger partial charge >= 0.3 is 6.18 Å². The van der Waals surface area contributed by atoms with Crippen molar-refractivity contribution in [2.24, 2.45) is 0 Å². The van der Waals surface area contributed by atoms with E-state index < -0.39 is 17.6 Å². The molecule has 0 atom stereocenters. The maximum Gasteiger partial charge on any atom is 0.416 e. The third kappa shape index (κ3) is 4.36. The van der Waals surface area contributed by atoms with E-state index in [1.165, 1.54) is 29.5 Å². The number of nitrogen functional groups attached to an aromatic ring is 1. The number of ether oxygens (including phenoxy) is 1. The quantitative estimate of drug-likeness (QED) is 0.421. The van der Waals surface area contributed by atoms with E-state index in [0.717, 1.165) is 22.3 Å². The number of nitrogens with two attached hydrogens (primary N) is 1. The van der Waals surface area contributed by atoms with Crippen molar-refractivity contribution in [3.8, 4) is 11.5 Å². The summed E-state index contributed by atoms with van der Waals surface area (Å²) >= 11 is 1.33. The maximum atomic E-state index is 12.8. The van der Waals surface area contributed by atoms with Crippen LogP contribution in [0.4, 0.5) is 24.0 Å². The average Bonchev–Trinajstić information content (AvgIpc) is 3.07.